The Hall–Kier alpha value is -2.79. The third kappa shape index (κ3) is 5.78. The van der Waals surface area contributed by atoms with Crippen LogP contribution in [0.4, 0.5) is 11.4 Å². The third-order valence-corrected chi connectivity index (χ3v) is 8.60. The zero-order valence-electron chi connectivity index (χ0n) is 23.6. The summed E-state index contributed by atoms with van der Waals surface area (Å²) in [6, 6.07) is 12.5. The maximum Gasteiger partial charge on any atom is 0.309 e. The van der Waals surface area contributed by atoms with Crippen LogP contribution >= 0.6 is 11.6 Å². The van der Waals surface area contributed by atoms with Crippen LogP contribution in [-0.2, 0) is 14.9 Å². The van der Waals surface area contributed by atoms with E-state index in [9.17, 15) is 4.79 Å². The zero-order chi connectivity index (χ0) is 27.3. The zero-order valence-corrected chi connectivity index (χ0v) is 24.3. The van der Waals surface area contributed by atoms with E-state index in [-0.39, 0.29) is 23.9 Å². The summed E-state index contributed by atoms with van der Waals surface area (Å²) in [5, 5.41) is 0.762. The van der Waals surface area contributed by atoms with Crippen LogP contribution < -0.4 is 9.64 Å². The number of carbonyl (C=O) groups is 1. The van der Waals surface area contributed by atoms with Crippen LogP contribution in [0.5, 0.6) is 5.75 Å². The van der Waals surface area contributed by atoms with Gasteiger partial charge in [-0.3, -0.25) is 4.79 Å². The lowest BCUT2D eigenvalue weighted by molar-refractivity contribution is -0.401. The van der Waals surface area contributed by atoms with Gasteiger partial charge in [0.2, 0.25) is 5.69 Å². The highest BCUT2D eigenvalue weighted by Crippen LogP contribution is 2.43. The Labute approximate surface area is 233 Å². The van der Waals surface area contributed by atoms with E-state index in [0.29, 0.717) is 6.61 Å². The average molecular weight is 538 g/mol. The average Bonchev–Trinajstić information content (AvgIpc) is 3.53. The van der Waals surface area contributed by atoms with Gasteiger partial charge < -0.3 is 14.4 Å². The van der Waals surface area contributed by atoms with Crippen LogP contribution in [0.15, 0.2) is 42.5 Å². The number of ether oxygens (including phenoxy) is 2. The molecule has 0 saturated heterocycles. The van der Waals surface area contributed by atoms with Gasteiger partial charge >= 0.3 is 5.97 Å². The number of hydrogen-bond donors (Lipinski definition) is 0. The molecule has 204 valence electrons. The molecule has 5 nitrogen and oxygen atoms in total. The van der Waals surface area contributed by atoms with E-state index in [0.717, 1.165) is 67.2 Å². The summed E-state index contributed by atoms with van der Waals surface area (Å²) in [4.78, 5) is 14.6. The summed E-state index contributed by atoms with van der Waals surface area (Å²) in [6.45, 7) is 11.2. The second-order valence-corrected chi connectivity index (χ2v) is 11.0. The largest absolute Gasteiger partial charge is 0.489 e. The number of rotatable bonds is 11. The van der Waals surface area contributed by atoms with Crippen LogP contribution in [0.25, 0.3) is 6.08 Å². The molecule has 1 fully saturated rings. The summed E-state index contributed by atoms with van der Waals surface area (Å²) in [5.41, 5.74) is 5.65. The van der Waals surface area contributed by atoms with Crippen LogP contribution in [0.2, 0.25) is 5.02 Å². The van der Waals surface area contributed by atoms with E-state index in [1.807, 2.05) is 6.07 Å². The van der Waals surface area contributed by atoms with Gasteiger partial charge in [-0.15, -0.1) is 0 Å². The molecule has 6 heteroatoms. The quantitative estimate of drug-likeness (QED) is 0.170. The summed E-state index contributed by atoms with van der Waals surface area (Å²) in [5.74, 6) is 0.775. The topological polar surface area (TPSA) is 41.8 Å². The van der Waals surface area contributed by atoms with E-state index in [2.05, 4.69) is 86.7 Å². The van der Waals surface area contributed by atoms with Crippen molar-refractivity contribution in [3.05, 3.63) is 58.6 Å². The Balaban J connectivity index is 1.56. The number of halogens is 1. The molecule has 2 aliphatic rings. The summed E-state index contributed by atoms with van der Waals surface area (Å²) in [7, 11) is 2.12. The lowest BCUT2D eigenvalue weighted by atomic mass is 9.77. The Kier molecular flexibility index (Phi) is 9.19. The molecule has 1 atom stereocenters. The molecule has 0 radical (unpaired) electrons. The molecule has 38 heavy (non-hydrogen) atoms. The number of nitrogens with zero attached hydrogens (tertiary/aromatic N) is 2. The molecule has 1 aliphatic carbocycles. The number of carbonyl (C=O) groups excluding carboxylic acids is 1. The van der Waals surface area contributed by atoms with Crippen molar-refractivity contribution in [2.24, 2.45) is 5.92 Å². The molecule has 0 bridgehead atoms. The Morgan fingerprint density at radius 3 is 2.50 bits per heavy atom. The van der Waals surface area contributed by atoms with E-state index in [1.165, 1.54) is 17.0 Å². The fourth-order valence-corrected chi connectivity index (χ4v) is 6.03. The summed E-state index contributed by atoms with van der Waals surface area (Å²) >= 11 is 6.38. The molecule has 1 saturated carbocycles. The van der Waals surface area contributed by atoms with Crippen molar-refractivity contribution in [3.63, 3.8) is 0 Å². The molecular weight excluding hydrogens is 496 g/mol. The highest BCUT2D eigenvalue weighted by atomic mass is 35.5. The molecule has 1 heterocycles. The molecule has 2 aromatic carbocycles. The van der Waals surface area contributed by atoms with Gasteiger partial charge in [0.15, 0.2) is 5.71 Å². The lowest BCUT2D eigenvalue weighted by Gasteiger charge is -2.22. The van der Waals surface area contributed by atoms with Gasteiger partial charge in [0.1, 0.15) is 26.0 Å². The highest BCUT2D eigenvalue weighted by Gasteiger charge is 2.45. The number of fused-ring (bicyclic) bond motifs is 1. The monoisotopic (exact) mass is 537 g/mol. The molecule has 0 aromatic heterocycles. The normalized spacial score (nSPS) is 19.3. The van der Waals surface area contributed by atoms with Crippen molar-refractivity contribution >= 4 is 40.7 Å². The van der Waals surface area contributed by atoms with Gasteiger partial charge in [-0.2, -0.15) is 4.58 Å². The number of benzene rings is 2. The van der Waals surface area contributed by atoms with Gasteiger partial charge in [-0.05, 0) is 70.4 Å². The first-order chi connectivity index (χ1) is 18.3. The van der Waals surface area contributed by atoms with Crippen molar-refractivity contribution in [2.75, 3.05) is 38.3 Å². The summed E-state index contributed by atoms with van der Waals surface area (Å²) in [6.07, 6.45) is 9.43. The van der Waals surface area contributed by atoms with Gasteiger partial charge in [-0.1, -0.05) is 31.4 Å². The first-order valence-electron chi connectivity index (χ1n) is 14.1. The van der Waals surface area contributed by atoms with E-state index >= 15 is 0 Å². The SMILES string of the molecule is CCN(CC)c1ccc(C=CC2=[N+](C)c3ccc(Cl)cc3C2(C)CC)c(OCCOC(=O)C2CCCC2)c1. The second-order valence-electron chi connectivity index (χ2n) is 10.5. The van der Waals surface area contributed by atoms with Gasteiger partial charge in [0.05, 0.1) is 11.3 Å². The third-order valence-electron chi connectivity index (χ3n) is 8.37. The molecular formula is C32H42ClN2O3+. The number of hydrogen-bond acceptors (Lipinski definition) is 4. The molecule has 1 aliphatic heterocycles. The van der Waals surface area contributed by atoms with E-state index in [1.54, 1.807) is 0 Å². The van der Waals surface area contributed by atoms with Gasteiger partial charge in [0, 0.05) is 53.1 Å². The smallest absolute Gasteiger partial charge is 0.309 e. The highest BCUT2D eigenvalue weighted by molar-refractivity contribution is 6.30. The second kappa shape index (κ2) is 12.4. The van der Waals surface area contributed by atoms with E-state index in [4.69, 9.17) is 21.1 Å². The van der Waals surface area contributed by atoms with Gasteiger partial charge in [0.25, 0.3) is 0 Å². The maximum atomic E-state index is 12.3. The van der Waals surface area contributed by atoms with Crippen molar-refractivity contribution in [1.29, 1.82) is 0 Å². The molecule has 0 amide bonds. The molecule has 0 spiro atoms. The van der Waals surface area contributed by atoms with Crippen molar-refractivity contribution in [3.8, 4) is 5.75 Å². The van der Waals surface area contributed by atoms with E-state index < -0.39 is 0 Å². The molecule has 1 unspecified atom stereocenters. The van der Waals surface area contributed by atoms with Crippen LogP contribution in [-0.4, -0.2) is 49.6 Å². The maximum absolute atomic E-state index is 12.3. The Morgan fingerprint density at radius 2 is 1.82 bits per heavy atom. The van der Waals surface area contributed by atoms with Crippen molar-refractivity contribution < 1.29 is 18.8 Å². The Morgan fingerprint density at radius 1 is 1.08 bits per heavy atom. The van der Waals surface area contributed by atoms with Crippen LogP contribution in [0.3, 0.4) is 0 Å². The summed E-state index contributed by atoms with van der Waals surface area (Å²) < 4.78 is 14.0. The van der Waals surface area contributed by atoms with Crippen molar-refractivity contribution in [1.82, 2.24) is 0 Å². The fourth-order valence-electron chi connectivity index (χ4n) is 5.86. The fraction of sp³-hybridized carbons (Fsp3) is 0.500. The predicted octanol–water partition coefficient (Wildman–Crippen LogP) is 7.41. The van der Waals surface area contributed by atoms with Crippen molar-refractivity contribution in [2.45, 2.75) is 65.2 Å². The first kappa shape index (κ1) is 28.2. The Bertz CT molecular complexity index is 1210. The minimum Gasteiger partial charge on any atom is -0.489 e. The number of anilines is 1. The first-order valence-corrected chi connectivity index (χ1v) is 14.5. The molecule has 4 rings (SSSR count). The predicted molar refractivity (Wildman–Crippen MR) is 157 cm³/mol. The molecule has 2 aromatic rings. The minimum absolute atomic E-state index is 0.0618. The van der Waals surface area contributed by atoms with Crippen LogP contribution in [0.1, 0.15) is 70.9 Å². The molecule has 0 N–H and O–H groups in total. The lowest BCUT2D eigenvalue weighted by Crippen LogP contribution is -2.29. The van der Waals surface area contributed by atoms with Crippen LogP contribution in [0, 0.1) is 5.92 Å². The standard InChI is InChI=1S/C32H42ClN2O3/c1-6-32(4)27-21-25(33)15-17-28(27)34(5)30(32)18-14-23-13-16-26(35(7-2)8-3)22-29(23)37-19-20-38-31(36)24-11-9-10-12-24/h13-18,21-22,24H,6-12,19-20H2,1-5H3/q+1. The number of allylic oxidation sites excluding steroid dienone is 1. The minimum atomic E-state index is -0.137. The number of esters is 1. The van der Waals surface area contributed by atoms with Gasteiger partial charge in [-0.25, -0.2) is 0 Å².